The molecule has 0 spiro atoms. The monoisotopic (exact) mass is 281 g/mol. The second kappa shape index (κ2) is 4.97. The van der Waals surface area contributed by atoms with Gasteiger partial charge in [0.25, 0.3) is 0 Å². The minimum Gasteiger partial charge on any atom is -0.369 e. The number of pyridine rings is 2. The summed E-state index contributed by atoms with van der Waals surface area (Å²) in [7, 11) is 0. The minimum atomic E-state index is -0.986. The molecule has 0 saturated carbocycles. The van der Waals surface area contributed by atoms with Crippen molar-refractivity contribution in [2.45, 2.75) is 18.8 Å². The Morgan fingerprint density at radius 1 is 1.38 bits per heavy atom. The Bertz CT molecular complexity index is 783. The van der Waals surface area contributed by atoms with E-state index in [1.807, 2.05) is 19.1 Å². The maximum atomic E-state index is 12.3. The smallest absolute Gasteiger partial charge is 0.234 e. The summed E-state index contributed by atoms with van der Waals surface area (Å²) in [5, 5.41) is 7.71. The normalized spacial score (nSPS) is 14.0. The number of hydrogen-bond acceptors (Lipinski definition) is 4. The topological polar surface area (TPSA) is 97.5 Å². The third-order valence-electron chi connectivity index (χ3n) is 3.87. The number of carbonyl (C=O) groups is 1. The number of amides is 1. The average molecular weight is 281 g/mol. The van der Waals surface area contributed by atoms with Gasteiger partial charge >= 0.3 is 0 Å². The van der Waals surface area contributed by atoms with Gasteiger partial charge in [-0.2, -0.15) is 5.10 Å². The van der Waals surface area contributed by atoms with E-state index in [2.05, 4.69) is 20.2 Å². The molecule has 0 bridgehead atoms. The highest BCUT2D eigenvalue weighted by atomic mass is 16.1. The van der Waals surface area contributed by atoms with Crippen LogP contribution in [-0.2, 0) is 10.2 Å². The lowest BCUT2D eigenvalue weighted by molar-refractivity contribution is -0.122. The summed E-state index contributed by atoms with van der Waals surface area (Å²) in [5.41, 5.74) is 6.92. The second-order valence-corrected chi connectivity index (χ2v) is 4.89. The Hall–Kier alpha value is -2.76. The van der Waals surface area contributed by atoms with E-state index in [4.69, 9.17) is 5.73 Å². The Labute approximate surface area is 121 Å². The largest absolute Gasteiger partial charge is 0.369 e. The quantitative estimate of drug-likeness (QED) is 0.757. The summed E-state index contributed by atoms with van der Waals surface area (Å²) in [6.07, 6.45) is 7.20. The number of carbonyl (C=O) groups excluding carboxylic acids is 1. The van der Waals surface area contributed by atoms with Crippen molar-refractivity contribution in [1.29, 1.82) is 0 Å². The molecule has 0 aliphatic rings. The van der Waals surface area contributed by atoms with Crippen molar-refractivity contribution in [3.05, 3.63) is 54.2 Å². The van der Waals surface area contributed by atoms with Crippen LogP contribution in [0.25, 0.3) is 10.9 Å². The zero-order chi connectivity index (χ0) is 14.9. The summed E-state index contributed by atoms with van der Waals surface area (Å²) in [6.45, 7) is 1.92. The molecule has 6 heteroatoms. The Morgan fingerprint density at radius 2 is 2.24 bits per heavy atom. The minimum absolute atomic E-state index is 0.437. The lowest BCUT2D eigenvalue weighted by Crippen LogP contribution is -2.42. The number of primary amides is 1. The van der Waals surface area contributed by atoms with Crippen LogP contribution in [0.1, 0.15) is 24.6 Å². The van der Waals surface area contributed by atoms with Crippen molar-refractivity contribution < 1.29 is 4.79 Å². The highest BCUT2D eigenvalue weighted by Crippen LogP contribution is 2.34. The molecular weight excluding hydrogens is 266 g/mol. The van der Waals surface area contributed by atoms with Gasteiger partial charge in [0, 0.05) is 17.8 Å². The molecule has 0 aliphatic heterocycles. The van der Waals surface area contributed by atoms with E-state index in [-0.39, 0.29) is 0 Å². The first-order chi connectivity index (χ1) is 10.2. The zero-order valence-electron chi connectivity index (χ0n) is 11.6. The molecule has 3 heterocycles. The lowest BCUT2D eigenvalue weighted by Gasteiger charge is -2.29. The average Bonchev–Trinajstić information content (AvgIpc) is 2.97. The van der Waals surface area contributed by atoms with Crippen LogP contribution in [0.4, 0.5) is 0 Å². The molecule has 106 valence electrons. The van der Waals surface area contributed by atoms with Crippen molar-refractivity contribution >= 4 is 16.8 Å². The molecule has 6 nitrogen and oxygen atoms in total. The van der Waals surface area contributed by atoms with Gasteiger partial charge in [-0.3, -0.25) is 19.9 Å². The lowest BCUT2D eigenvalue weighted by atomic mass is 9.75. The van der Waals surface area contributed by atoms with Crippen LogP contribution in [0, 0.1) is 0 Å². The summed E-state index contributed by atoms with van der Waals surface area (Å²) in [4.78, 5) is 20.8. The number of aromatic amines is 1. The van der Waals surface area contributed by atoms with Crippen LogP contribution in [0.5, 0.6) is 0 Å². The van der Waals surface area contributed by atoms with Crippen LogP contribution in [-0.4, -0.2) is 26.1 Å². The molecule has 0 aromatic carbocycles. The zero-order valence-corrected chi connectivity index (χ0v) is 11.6. The fourth-order valence-corrected chi connectivity index (χ4v) is 2.67. The fourth-order valence-electron chi connectivity index (χ4n) is 2.67. The highest BCUT2D eigenvalue weighted by Gasteiger charge is 2.40. The van der Waals surface area contributed by atoms with Crippen LogP contribution < -0.4 is 5.73 Å². The SMILES string of the molecule is CCC(C(N)=O)(c1cccnc1)c1cc2cn[nH]c2cn1. The predicted molar refractivity (Wildman–Crippen MR) is 78.4 cm³/mol. The van der Waals surface area contributed by atoms with Gasteiger partial charge in [-0.15, -0.1) is 0 Å². The molecule has 3 rings (SSSR count). The van der Waals surface area contributed by atoms with E-state index < -0.39 is 11.3 Å². The van der Waals surface area contributed by atoms with Gasteiger partial charge in [0.1, 0.15) is 5.41 Å². The van der Waals surface area contributed by atoms with Gasteiger partial charge < -0.3 is 5.73 Å². The number of nitrogens with zero attached hydrogens (tertiary/aromatic N) is 3. The van der Waals surface area contributed by atoms with E-state index in [1.54, 1.807) is 30.9 Å². The molecule has 1 atom stereocenters. The molecule has 1 amide bonds. The van der Waals surface area contributed by atoms with E-state index in [0.29, 0.717) is 12.1 Å². The van der Waals surface area contributed by atoms with Crippen LogP contribution in [0.2, 0.25) is 0 Å². The standard InChI is InChI=1S/C15H15N5O/c1-2-15(14(16)21,11-4-3-5-17-8-11)13-6-10-7-19-20-12(10)9-18-13/h3-9H,2H2,1H3,(H2,16,21)(H,19,20). The van der Waals surface area contributed by atoms with Crippen LogP contribution in [0.15, 0.2) is 43.0 Å². The number of fused-ring (bicyclic) bond motifs is 1. The third kappa shape index (κ3) is 1.96. The molecule has 0 saturated heterocycles. The van der Waals surface area contributed by atoms with Gasteiger partial charge in [0.05, 0.1) is 23.6 Å². The summed E-state index contributed by atoms with van der Waals surface area (Å²) < 4.78 is 0. The van der Waals surface area contributed by atoms with Crippen LogP contribution in [0.3, 0.4) is 0 Å². The van der Waals surface area contributed by atoms with Gasteiger partial charge in [-0.25, -0.2) is 0 Å². The van der Waals surface area contributed by atoms with Gasteiger partial charge in [-0.1, -0.05) is 13.0 Å². The Morgan fingerprint density at radius 3 is 2.90 bits per heavy atom. The fraction of sp³-hybridized carbons (Fsp3) is 0.200. The third-order valence-corrected chi connectivity index (χ3v) is 3.87. The second-order valence-electron chi connectivity index (χ2n) is 4.89. The van der Waals surface area contributed by atoms with E-state index in [9.17, 15) is 4.79 Å². The van der Waals surface area contributed by atoms with Gasteiger partial charge in [0.2, 0.25) is 5.91 Å². The summed E-state index contributed by atoms with van der Waals surface area (Å²) in [6, 6.07) is 5.49. The molecule has 0 fully saturated rings. The Kier molecular flexibility index (Phi) is 3.13. The number of hydrogen-bond donors (Lipinski definition) is 2. The van der Waals surface area contributed by atoms with Gasteiger partial charge in [-0.05, 0) is 24.1 Å². The molecule has 1 unspecified atom stereocenters. The summed E-state index contributed by atoms with van der Waals surface area (Å²) >= 11 is 0. The van der Waals surface area contributed by atoms with Crippen molar-refractivity contribution in [2.24, 2.45) is 5.73 Å². The molecule has 3 aromatic heterocycles. The number of nitrogens with two attached hydrogens (primary N) is 1. The van der Waals surface area contributed by atoms with Crippen LogP contribution >= 0.6 is 0 Å². The molecule has 3 aromatic rings. The number of rotatable bonds is 4. The number of H-pyrrole nitrogens is 1. The number of aromatic nitrogens is 4. The maximum absolute atomic E-state index is 12.3. The first kappa shape index (κ1) is 13.2. The molecule has 21 heavy (non-hydrogen) atoms. The first-order valence-corrected chi connectivity index (χ1v) is 6.68. The molecular formula is C15H15N5O. The molecule has 0 radical (unpaired) electrons. The molecule has 0 aliphatic carbocycles. The van der Waals surface area contributed by atoms with Crippen molar-refractivity contribution in [3.8, 4) is 0 Å². The van der Waals surface area contributed by atoms with Gasteiger partial charge in [0.15, 0.2) is 0 Å². The Balaban J connectivity index is 2.26. The maximum Gasteiger partial charge on any atom is 0.234 e. The van der Waals surface area contributed by atoms with E-state index >= 15 is 0 Å². The predicted octanol–water partition coefficient (Wildman–Crippen LogP) is 1.53. The van der Waals surface area contributed by atoms with Crippen molar-refractivity contribution in [1.82, 2.24) is 20.2 Å². The highest BCUT2D eigenvalue weighted by molar-refractivity contribution is 5.91. The summed E-state index contributed by atoms with van der Waals surface area (Å²) in [5.74, 6) is -0.437. The van der Waals surface area contributed by atoms with E-state index in [0.717, 1.165) is 16.5 Å². The van der Waals surface area contributed by atoms with Crippen molar-refractivity contribution in [3.63, 3.8) is 0 Å². The number of nitrogens with one attached hydrogen (secondary N) is 1. The first-order valence-electron chi connectivity index (χ1n) is 6.68. The van der Waals surface area contributed by atoms with Crippen molar-refractivity contribution in [2.75, 3.05) is 0 Å². The van der Waals surface area contributed by atoms with E-state index in [1.165, 1.54) is 0 Å². The molecule has 3 N–H and O–H groups in total.